The maximum Gasteiger partial charge on any atom is 0.341 e. The summed E-state index contributed by atoms with van der Waals surface area (Å²) in [7, 11) is 0. The number of carboxylic acid groups (broad SMARTS) is 1. The van der Waals surface area contributed by atoms with Crippen LogP contribution in [-0.2, 0) is 13.0 Å². The highest BCUT2D eigenvalue weighted by molar-refractivity contribution is 7.15. The van der Waals surface area contributed by atoms with E-state index in [-0.39, 0.29) is 11.5 Å². The van der Waals surface area contributed by atoms with Gasteiger partial charge in [-0.3, -0.25) is 9.20 Å². The third kappa shape index (κ3) is 2.61. The van der Waals surface area contributed by atoms with Crippen molar-refractivity contribution < 1.29 is 14.3 Å². The smallest absolute Gasteiger partial charge is 0.341 e. The van der Waals surface area contributed by atoms with Crippen LogP contribution in [0.15, 0.2) is 23.1 Å². The van der Waals surface area contributed by atoms with E-state index in [2.05, 4.69) is 11.4 Å². The van der Waals surface area contributed by atoms with Crippen molar-refractivity contribution in [1.29, 1.82) is 0 Å². The zero-order valence-corrected chi connectivity index (χ0v) is 16.2. The number of halogens is 1. The Morgan fingerprint density at radius 1 is 1.36 bits per heavy atom. The number of aromatic nitrogens is 1. The first-order valence-electron chi connectivity index (χ1n) is 9.40. The van der Waals surface area contributed by atoms with Crippen molar-refractivity contribution in [3.05, 3.63) is 61.6 Å². The molecule has 1 fully saturated rings. The number of hydrogen-bond donors (Lipinski definition) is 2. The number of thiophene rings is 1. The Morgan fingerprint density at radius 2 is 2.14 bits per heavy atom. The summed E-state index contributed by atoms with van der Waals surface area (Å²) in [6, 6.07) is 3.55. The van der Waals surface area contributed by atoms with Gasteiger partial charge in [0.25, 0.3) is 5.56 Å². The molecule has 0 spiro atoms. The molecule has 5 nitrogen and oxygen atoms in total. The summed E-state index contributed by atoms with van der Waals surface area (Å²) >= 11 is 1.58. The lowest BCUT2D eigenvalue weighted by Crippen LogP contribution is -2.24. The van der Waals surface area contributed by atoms with Gasteiger partial charge in [0, 0.05) is 28.1 Å². The van der Waals surface area contributed by atoms with E-state index in [1.165, 1.54) is 20.9 Å². The van der Waals surface area contributed by atoms with Gasteiger partial charge in [-0.1, -0.05) is 0 Å². The van der Waals surface area contributed by atoms with Crippen LogP contribution < -0.4 is 10.9 Å². The Hall–Kier alpha value is -2.51. The fourth-order valence-electron chi connectivity index (χ4n) is 4.19. The summed E-state index contributed by atoms with van der Waals surface area (Å²) in [4.78, 5) is 26.3. The molecule has 2 aliphatic rings. The van der Waals surface area contributed by atoms with E-state index in [4.69, 9.17) is 0 Å². The van der Waals surface area contributed by atoms with Crippen LogP contribution in [0.3, 0.4) is 0 Å². The Bertz CT molecular complexity index is 1180. The Labute approximate surface area is 164 Å². The third-order valence-electron chi connectivity index (χ3n) is 5.72. The van der Waals surface area contributed by atoms with E-state index in [1.807, 2.05) is 6.92 Å². The van der Waals surface area contributed by atoms with Gasteiger partial charge >= 0.3 is 5.97 Å². The second-order valence-electron chi connectivity index (χ2n) is 7.58. The summed E-state index contributed by atoms with van der Waals surface area (Å²) in [6.45, 7) is 3.54. The molecule has 4 heterocycles. The second-order valence-corrected chi connectivity index (χ2v) is 8.72. The zero-order chi connectivity index (χ0) is 19.6. The average Bonchev–Trinajstić information content (AvgIpc) is 3.41. The van der Waals surface area contributed by atoms with Crippen molar-refractivity contribution in [3.8, 4) is 10.4 Å². The van der Waals surface area contributed by atoms with Crippen LogP contribution >= 0.6 is 11.3 Å². The number of fused-ring (bicyclic) bond motifs is 2. The van der Waals surface area contributed by atoms with Crippen LogP contribution in [0, 0.1) is 12.7 Å². The number of nitrogens with zero attached hydrogens (tertiary/aromatic N) is 1. The SMILES string of the molecule is Cc1c(-c2cc3c(s2)CNCC3)c(F)cn2c(=O)c(C(=O)O)cc(C3CC3)c12. The van der Waals surface area contributed by atoms with E-state index in [1.54, 1.807) is 11.3 Å². The van der Waals surface area contributed by atoms with E-state index in [0.29, 0.717) is 16.6 Å². The van der Waals surface area contributed by atoms with Crippen molar-refractivity contribution in [3.63, 3.8) is 0 Å². The highest BCUT2D eigenvalue weighted by Gasteiger charge is 2.30. The molecule has 144 valence electrons. The first kappa shape index (κ1) is 17.6. The molecule has 28 heavy (non-hydrogen) atoms. The topological polar surface area (TPSA) is 70.8 Å². The number of rotatable bonds is 3. The number of pyridine rings is 2. The maximum absolute atomic E-state index is 15.2. The third-order valence-corrected chi connectivity index (χ3v) is 6.92. The Balaban J connectivity index is 1.82. The van der Waals surface area contributed by atoms with Crippen molar-refractivity contribution >= 4 is 22.8 Å². The zero-order valence-electron chi connectivity index (χ0n) is 15.3. The number of aryl methyl sites for hydroxylation is 1. The molecule has 0 atom stereocenters. The molecule has 1 saturated carbocycles. The lowest BCUT2D eigenvalue weighted by Gasteiger charge is -2.15. The largest absolute Gasteiger partial charge is 0.477 e. The molecule has 3 aromatic rings. The van der Waals surface area contributed by atoms with Gasteiger partial charge in [-0.05, 0) is 67.5 Å². The predicted octanol–water partition coefficient (Wildman–Crippen LogP) is 3.70. The van der Waals surface area contributed by atoms with Gasteiger partial charge in [-0.2, -0.15) is 0 Å². The molecule has 2 N–H and O–H groups in total. The quantitative estimate of drug-likeness (QED) is 0.706. The molecule has 3 aromatic heterocycles. The summed E-state index contributed by atoms with van der Waals surface area (Å²) < 4.78 is 16.4. The van der Waals surface area contributed by atoms with Crippen LogP contribution in [0.2, 0.25) is 0 Å². The molecule has 5 rings (SSSR count). The molecule has 0 saturated heterocycles. The van der Waals surface area contributed by atoms with Gasteiger partial charge < -0.3 is 10.4 Å². The lowest BCUT2D eigenvalue weighted by atomic mass is 9.99. The van der Waals surface area contributed by atoms with Gasteiger partial charge in [0.15, 0.2) is 0 Å². The number of carbonyl (C=O) groups is 1. The van der Waals surface area contributed by atoms with Crippen LogP contribution in [0.1, 0.15) is 50.7 Å². The minimum Gasteiger partial charge on any atom is -0.477 e. The van der Waals surface area contributed by atoms with E-state index in [9.17, 15) is 14.7 Å². The fourth-order valence-corrected chi connectivity index (χ4v) is 5.47. The van der Waals surface area contributed by atoms with E-state index >= 15 is 4.39 Å². The van der Waals surface area contributed by atoms with Gasteiger partial charge in [-0.15, -0.1) is 11.3 Å². The van der Waals surface area contributed by atoms with Crippen LogP contribution in [0.25, 0.3) is 16.0 Å². The number of carboxylic acids is 1. The maximum atomic E-state index is 15.2. The molecule has 7 heteroatoms. The molecule has 0 aromatic carbocycles. The van der Waals surface area contributed by atoms with E-state index < -0.39 is 17.3 Å². The predicted molar refractivity (Wildman–Crippen MR) is 106 cm³/mol. The standard InChI is InChI=1S/C21H19FN2O3S/c1-10-18(16-6-12-4-5-23-8-17(12)28-16)15(22)9-24-19(10)13(11-2-3-11)7-14(20(24)25)21(26)27/h6-7,9,11,23H,2-5,8H2,1H3,(H,26,27). The molecule has 0 radical (unpaired) electrons. The van der Waals surface area contributed by atoms with Gasteiger partial charge in [0.2, 0.25) is 0 Å². The average molecular weight is 398 g/mol. The molecule has 0 bridgehead atoms. The summed E-state index contributed by atoms with van der Waals surface area (Å²) in [6.07, 6.45) is 4.00. The molecule has 0 amide bonds. The molecule has 1 aliphatic carbocycles. The number of aromatic carboxylic acids is 1. The first-order valence-corrected chi connectivity index (χ1v) is 10.2. The van der Waals surface area contributed by atoms with Crippen LogP contribution in [-0.4, -0.2) is 22.0 Å². The van der Waals surface area contributed by atoms with Crippen molar-refractivity contribution in [2.24, 2.45) is 0 Å². The van der Waals surface area contributed by atoms with Gasteiger partial charge in [-0.25, -0.2) is 9.18 Å². The minimum atomic E-state index is -1.28. The molecule has 1 aliphatic heterocycles. The van der Waals surface area contributed by atoms with Crippen LogP contribution in [0.5, 0.6) is 0 Å². The summed E-state index contributed by atoms with van der Waals surface area (Å²) in [5.41, 5.74) is 2.96. The molecular weight excluding hydrogens is 379 g/mol. The molecular formula is C21H19FN2O3S. The van der Waals surface area contributed by atoms with Crippen molar-refractivity contribution in [2.75, 3.05) is 6.54 Å². The van der Waals surface area contributed by atoms with Crippen LogP contribution in [0.4, 0.5) is 4.39 Å². The highest BCUT2D eigenvalue weighted by atomic mass is 32.1. The Kier molecular flexibility index (Phi) is 3.93. The van der Waals surface area contributed by atoms with Gasteiger partial charge in [0.1, 0.15) is 11.4 Å². The Morgan fingerprint density at radius 3 is 2.82 bits per heavy atom. The van der Waals surface area contributed by atoms with Crippen molar-refractivity contribution in [1.82, 2.24) is 9.72 Å². The highest BCUT2D eigenvalue weighted by Crippen LogP contribution is 2.44. The number of hydrogen-bond acceptors (Lipinski definition) is 4. The minimum absolute atomic E-state index is 0.228. The van der Waals surface area contributed by atoms with Gasteiger partial charge in [0.05, 0.1) is 5.52 Å². The van der Waals surface area contributed by atoms with Crippen molar-refractivity contribution in [2.45, 2.75) is 38.6 Å². The first-order chi connectivity index (χ1) is 13.5. The summed E-state index contributed by atoms with van der Waals surface area (Å²) in [5, 5.41) is 12.7. The summed E-state index contributed by atoms with van der Waals surface area (Å²) in [5.74, 6) is -1.55. The second kappa shape index (κ2) is 6.25. The molecule has 0 unspecified atom stereocenters. The normalized spacial score (nSPS) is 16.4. The lowest BCUT2D eigenvalue weighted by molar-refractivity contribution is 0.0694. The fraction of sp³-hybridized carbons (Fsp3) is 0.333. The monoisotopic (exact) mass is 398 g/mol. The van der Waals surface area contributed by atoms with E-state index in [0.717, 1.165) is 49.0 Å². The number of nitrogens with one attached hydrogen (secondary N) is 1.